The van der Waals surface area contributed by atoms with E-state index in [0.717, 1.165) is 5.56 Å². The Kier molecular flexibility index (Phi) is 6.94. The molecule has 0 aliphatic heterocycles. The zero-order chi connectivity index (χ0) is 19.1. The number of carbonyl (C=O) groups excluding carboxylic acids is 2. The van der Waals surface area contributed by atoms with Crippen LogP contribution in [0.5, 0.6) is 0 Å². The molecule has 0 unspecified atom stereocenters. The summed E-state index contributed by atoms with van der Waals surface area (Å²) in [7, 11) is 0. The Morgan fingerprint density at radius 2 is 1.73 bits per heavy atom. The summed E-state index contributed by atoms with van der Waals surface area (Å²) in [6, 6.07) is 10.2. The SMILES string of the molecule is O=C(CCNC(=O)c1ccc([N+](=O)[O-])cc1)NCc1ccc(Cl)cc1Cl. The molecule has 0 heterocycles. The highest BCUT2D eigenvalue weighted by Crippen LogP contribution is 2.20. The van der Waals surface area contributed by atoms with Crippen molar-refractivity contribution in [1.29, 1.82) is 0 Å². The van der Waals surface area contributed by atoms with Gasteiger partial charge < -0.3 is 10.6 Å². The zero-order valence-electron chi connectivity index (χ0n) is 13.5. The van der Waals surface area contributed by atoms with Gasteiger partial charge in [-0.05, 0) is 29.8 Å². The second-order valence-corrected chi connectivity index (χ2v) is 6.17. The molecular weight excluding hydrogens is 381 g/mol. The molecule has 2 N–H and O–H groups in total. The lowest BCUT2D eigenvalue weighted by atomic mass is 10.2. The number of amides is 2. The van der Waals surface area contributed by atoms with Crippen molar-refractivity contribution in [2.75, 3.05) is 6.54 Å². The van der Waals surface area contributed by atoms with Gasteiger partial charge in [0, 0.05) is 47.3 Å². The van der Waals surface area contributed by atoms with E-state index in [1.54, 1.807) is 18.2 Å². The van der Waals surface area contributed by atoms with Gasteiger partial charge in [0.2, 0.25) is 5.91 Å². The Morgan fingerprint density at radius 3 is 2.35 bits per heavy atom. The predicted octanol–water partition coefficient (Wildman–Crippen LogP) is 3.34. The van der Waals surface area contributed by atoms with Crippen LogP contribution >= 0.6 is 23.2 Å². The fraction of sp³-hybridized carbons (Fsp3) is 0.176. The third-order valence-electron chi connectivity index (χ3n) is 3.47. The normalized spacial score (nSPS) is 10.2. The molecule has 0 fully saturated rings. The predicted molar refractivity (Wildman–Crippen MR) is 98.4 cm³/mol. The molecule has 0 bridgehead atoms. The van der Waals surface area contributed by atoms with E-state index in [1.165, 1.54) is 24.3 Å². The summed E-state index contributed by atoms with van der Waals surface area (Å²) in [5, 5.41) is 16.8. The lowest BCUT2D eigenvalue weighted by molar-refractivity contribution is -0.384. The smallest absolute Gasteiger partial charge is 0.269 e. The molecule has 2 rings (SSSR count). The first-order valence-electron chi connectivity index (χ1n) is 7.60. The number of rotatable bonds is 7. The van der Waals surface area contributed by atoms with E-state index in [9.17, 15) is 19.7 Å². The molecule has 136 valence electrons. The third-order valence-corrected chi connectivity index (χ3v) is 4.06. The first-order valence-corrected chi connectivity index (χ1v) is 8.35. The van der Waals surface area contributed by atoms with Crippen molar-refractivity contribution >= 4 is 40.7 Å². The highest BCUT2D eigenvalue weighted by atomic mass is 35.5. The van der Waals surface area contributed by atoms with Gasteiger partial charge in [-0.15, -0.1) is 0 Å². The molecule has 0 radical (unpaired) electrons. The van der Waals surface area contributed by atoms with Gasteiger partial charge in [0.25, 0.3) is 11.6 Å². The quantitative estimate of drug-likeness (QED) is 0.554. The van der Waals surface area contributed by atoms with E-state index in [1.807, 2.05) is 0 Å². The number of halogens is 2. The maximum absolute atomic E-state index is 11.9. The summed E-state index contributed by atoms with van der Waals surface area (Å²) < 4.78 is 0. The number of non-ortho nitro benzene ring substituents is 1. The van der Waals surface area contributed by atoms with E-state index in [-0.39, 0.29) is 36.7 Å². The van der Waals surface area contributed by atoms with Crippen LogP contribution in [0.15, 0.2) is 42.5 Å². The minimum Gasteiger partial charge on any atom is -0.352 e. The molecular formula is C17H15Cl2N3O4. The zero-order valence-corrected chi connectivity index (χ0v) is 15.0. The van der Waals surface area contributed by atoms with E-state index in [0.29, 0.717) is 10.0 Å². The Bertz CT molecular complexity index is 825. The maximum atomic E-state index is 11.9. The van der Waals surface area contributed by atoms with Crippen LogP contribution in [0.4, 0.5) is 5.69 Å². The van der Waals surface area contributed by atoms with E-state index >= 15 is 0 Å². The van der Waals surface area contributed by atoms with Crippen molar-refractivity contribution in [2.24, 2.45) is 0 Å². The van der Waals surface area contributed by atoms with Gasteiger partial charge in [0.1, 0.15) is 0 Å². The summed E-state index contributed by atoms with van der Waals surface area (Å²) in [4.78, 5) is 33.8. The number of benzene rings is 2. The Balaban J connectivity index is 1.75. The molecule has 0 saturated heterocycles. The fourth-order valence-corrected chi connectivity index (χ4v) is 2.55. The Labute approximate surface area is 159 Å². The average molecular weight is 396 g/mol. The van der Waals surface area contributed by atoms with Crippen molar-refractivity contribution in [3.8, 4) is 0 Å². The summed E-state index contributed by atoms with van der Waals surface area (Å²) >= 11 is 11.8. The second kappa shape index (κ2) is 9.17. The van der Waals surface area contributed by atoms with E-state index in [4.69, 9.17) is 23.2 Å². The van der Waals surface area contributed by atoms with Crippen LogP contribution in [0.1, 0.15) is 22.3 Å². The number of nitro groups is 1. The van der Waals surface area contributed by atoms with E-state index in [2.05, 4.69) is 10.6 Å². The molecule has 0 aromatic heterocycles. The lowest BCUT2D eigenvalue weighted by Gasteiger charge is -2.08. The summed E-state index contributed by atoms with van der Waals surface area (Å²) in [5.41, 5.74) is 0.921. The summed E-state index contributed by atoms with van der Waals surface area (Å²) in [5.74, 6) is -0.659. The molecule has 7 nitrogen and oxygen atoms in total. The molecule has 26 heavy (non-hydrogen) atoms. The van der Waals surface area contributed by atoms with Crippen molar-refractivity contribution in [3.63, 3.8) is 0 Å². The van der Waals surface area contributed by atoms with Gasteiger partial charge in [-0.3, -0.25) is 19.7 Å². The van der Waals surface area contributed by atoms with Crippen molar-refractivity contribution < 1.29 is 14.5 Å². The van der Waals surface area contributed by atoms with Crippen LogP contribution in [0, 0.1) is 10.1 Å². The molecule has 0 spiro atoms. The second-order valence-electron chi connectivity index (χ2n) is 5.32. The average Bonchev–Trinajstić information content (AvgIpc) is 2.61. The van der Waals surface area contributed by atoms with Crippen molar-refractivity contribution in [1.82, 2.24) is 10.6 Å². The standard InChI is InChI=1S/C17H15Cl2N3O4/c18-13-4-1-12(15(19)9-13)10-21-16(23)7-8-20-17(24)11-2-5-14(6-3-11)22(25)26/h1-6,9H,7-8,10H2,(H,20,24)(H,21,23). The van der Waals surface area contributed by atoms with Crippen LogP contribution in [0.25, 0.3) is 0 Å². The summed E-state index contributed by atoms with van der Waals surface area (Å²) in [6.45, 7) is 0.390. The van der Waals surface area contributed by atoms with Crippen LogP contribution in [0.3, 0.4) is 0 Å². The number of nitrogens with one attached hydrogen (secondary N) is 2. The van der Waals surface area contributed by atoms with Gasteiger partial charge in [-0.2, -0.15) is 0 Å². The number of nitro benzene ring substituents is 1. The Morgan fingerprint density at radius 1 is 1.04 bits per heavy atom. The van der Waals surface area contributed by atoms with Gasteiger partial charge in [-0.25, -0.2) is 0 Å². The van der Waals surface area contributed by atoms with Crippen LogP contribution in [-0.4, -0.2) is 23.3 Å². The van der Waals surface area contributed by atoms with Gasteiger partial charge in [-0.1, -0.05) is 29.3 Å². The monoisotopic (exact) mass is 395 g/mol. The number of nitrogens with zero attached hydrogens (tertiary/aromatic N) is 1. The number of hydrogen-bond acceptors (Lipinski definition) is 4. The highest BCUT2D eigenvalue weighted by molar-refractivity contribution is 6.35. The molecule has 0 aliphatic carbocycles. The fourth-order valence-electron chi connectivity index (χ4n) is 2.07. The maximum Gasteiger partial charge on any atom is 0.269 e. The molecule has 2 aromatic carbocycles. The Hall–Kier alpha value is -2.64. The van der Waals surface area contributed by atoms with Crippen molar-refractivity contribution in [2.45, 2.75) is 13.0 Å². The van der Waals surface area contributed by atoms with Crippen LogP contribution in [0.2, 0.25) is 10.0 Å². The van der Waals surface area contributed by atoms with Crippen LogP contribution in [-0.2, 0) is 11.3 Å². The number of hydrogen-bond donors (Lipinski definition) is 2. The third kappa shape index (κ3) is 5.72. The molecule has 2 amide bonds. The van der Waals surface area contributed by atoms with E-state index < -0.39 is 10.8 Å². The largest absolute Gasteiger partial charge is 0.352 e. The molecule has 9 heteroatoms. The highest BCUT2D eigenvalue weighted by Gasteiger charge is 2.10. The van der Waals surface area contributed by atoms with Gasteiger partial charge in [0.15, 0.2) is 0 Å². The molecule has 0 atom stereocenters. The molecule has 0 saturated carbocycles. The first kappa shape index (κ1) is 19.7. The van der Waals surface area contributed by atoms with Gasteiger partial charge in [0.05, 0.1) is 4.92 Å². The van der Waals surface area contributed by atoms with Crippen LogP contribution < -0.4 is 10.6 Å². The summed E-state index contributed by atoms with van der Waals surface area (Å²) in [6.07, 6.45) is 0.0872. The molecule has 0 aliphatic rings. The first-order chi connectivity index (χ1) is 12.4. The lowest BCUT2D eigenvalue weighted by Crippen LogP contribution is -2.30. The topological polar surface area (TPSA) is 101 Å². The minimum absolute atomic E-state index is 0.0872. The number of carbonyl (C=O) groups is 2. The van der Waals surface area contributed by atoms with Gasteiger partial charge >= 0.3 is 0 Å². The van der Waals surface area contributed by atoms with Crippen molar-refractivity contribution in [3.05, 3.63) is 73.8 Å². The molecule has 2 aromatic rings. The minimum atomic E-state index is -0.543.